The van der Waals surface area contributed by atoms with E-state index in [9.17, 15) is 4.39 Å². The van der Waals surface area contributed by atoms with Gasteiger partial charge in [-0.2, -0.15) is 0 Å². The van der Waals surface area contributed by atoms with Gasteiger partial charge < -0.3 is 10.5 Å². The van der Waals surface area contributed by atoms with Crippen LogP contribution in [0.4, 0.5) is 4.39 Å². The molecule has 0 aliphatic rings. The minimum Gasteiger partial charge on any atom is -0.493 e. The second-order valence-electron chi connectivity index (χ2n) is 4.89. The highest BCUT2D eigenvalue weighted by Gasteiger charge is 2.04. The maximum Gasteiger partial charge on any atom is 0.127 e. The Balaban J connectivity index is 2.46. The van der Waals surface area contributed by atoms with Crippen LogP contribution in [0.3, 0.4) is 0 Å². The van der Waals surface area contributed by atoms with Crippen molar-refractivity contribution in [2.24, 2.45) is 5.73 Å². The second-order valence-corrected chi connectivity index (χ2v) is 4.89. The van der Waals surface area contributed by atoms with Crippen LogP contribution in [0.15, 0.2) is 18.2 Å². The molecule has 2 N–H and O–H groups in total. The Morgan fingerprint density at radius 1 is 1.22 bits per heavy atom. The third-order valence-electron chi connectivity index (χ3n) is 2.76. The minimum absolute atomic E-state index is 0.0317. The molecule has 1 rings (SSSR count). The van der Waals surface area contributed by atoms with E-state index >= 15 is 0 Å². The lowest BCUT2D eigenvalue weighted by atomic mass is 10.1. The Labute approximate surface area is 109 Å². The van der Waals surface area contributed by atoms with Crippen molar-refractivity contribution in [2.45, 2.75) is 52.0 Å². The molecule has 0 bridgehead atoms. The van der Waals surface area contributed by atoms with Crippen molar-refractivity contribution in [2.75, 3.05) is 6.61 Å². The van der Waals surface area contributed by atoms with Gasteiger partial charge in [-0.3, -0.25) is 0 Å². The molecule has 102 valence electrons. The highest BCUT2D eigenvalue weighted by molar-refractivity contribution is 5.30. The van der Waals surface area contributed by atoms with Crippen molar-refractivity contribution >= 4 is 0 Å². The number of nitrogens with two attached hydrogens (primary N) is 1. The molecule has 3 heteroatoms. The molecule has 1 aromatic carbocycles. The van der Waals surface area contributed by atoms with E-state index in [4.69, 9.17) is 10.5 Å². The number of benzene rings is 1. The summed E-state index contributed by atoms with van der Waals surface area (Å²) in [6.45, 7) is 4.74. The summed E-state index contributed by atoms with van der Waals surface area (Å²) in [6.07, 6.45) is 5.29. The molecule has 0 heterocycles. The van der Waals surface area contributed by atoms with Gasteiger partial charge in [-0.15, -0.1) is 0 Å². The Morgan fingerprint density at radius 2 is 2.00 bits per heavy atom. The van der Waals surface area contributed by atoms with Crippen LogP contribution in [0, 0.1) is 5.82 Å². The van der Waals surface area contributed by atoms with Crippen LogP contribution in [0.25, 0.3) is 0 Å². The first-order valence-corrected chi connectivity index (χ1v) is 6.79. The lowest BCUT2D eigenvalue weighted by molar-refractivity contribution is 0.303. The van der Waals surface area contributed by atoms with E-state index in [1.54, 1.807) is 0 Å². The van der Waals surface area contributed by atoms with Crippen molar-refractivity contribution in [1.82, 2.24) is 0 Å². The van der Waals surface area contributed by atoms with Gasteiger partial charge in [0.15, 0.2) is 0 Å². The summed E-state index contributed by atoms with van der Waals surface area (Å²) >= 11 is 0. The maximum absolute atomic E-state index is 13.4. The maximum atomic E-state index is 13.4. The van der Waals surface area contributed by atoms with E-state index in [1.165, 1.54) is 31.4 Å². The van der Waals surface area contributed by atoms with Crippen LogP contribution in [0.5, 0.6) is 5.75 Å². The molecule has 0 saturated heterocycles. The third kappa shape index (κ3) is 6.01. The molecular weight excluding hydrogens is 229 g/mol. The Hall–Kier alpha value is -1.09. The van der Waals surface area contributed by atoms with Crippen LogP contribution in [-0.4, -0.2) is 12.6 Å². The Bertz CT molecular complexity index is 352. The van der Waals surface area contributed by atoms with Crippen molar-refractivity contribution in [3.63, 3.8) is 0 Å². The van der Waals surface area contributed by atoms with Gasteiger partial charge in [0.25, 0.3) is 0 Å². The summed E-state index contributed by atoms with van der Waals surface area (Å²) in [5, 5.41) is 0. The highest BCUT2D eigenvalue weighted by Crippen LogP contribution is 2.18. The first-order valence-electron chi connectivity index (χ1n) is 6.79. The third-order valence-corrected chi connectivity index (χ3v) is 2.76. The summed E-state index contributed by atoms with van der Waals surface area (Å²) in [5.41, 5.74) is 6.61. The van der Waals surface area contributed by atoms with Gasteiger partial charge in [0.1, 0.15) is 11.6 Å². The number of rotatable bonds is 8. The molecule has 0 amide bonds. The quantitative estimate of drug-likeness (QED) is 0.717. The van der Waals surface area contributed by atoms with Gasteiger partial charge in [-0.05, 0) is 37.5 Å². The zero-order chi connectivity index (χ0) is 13.4. The lowest BCUT2D eigenvalue weighted by Gasteiger charge is -2.10. The van der Waals surface area contributed by atoms with Crippen molar-refractivity contribution in [3.8, 4) is 5.75 Å². The summed E-state index contributed by atoms with van der Waals surface area (Å²) in [5.74, 6) is 0.360. The van der Waals surface area contributed by atoms with Crippen LogP contribution < -0.4 is 10.5 Å². The average molecular weight is 253 g/mol. The molecule has 1 unspecified atom stereocenters. The van der Waals surface area contributed by atoms with E-state index in [0.717, 1.165) is 12.0 Å². The molecule has 0 spiro atoms. The molecule has 18 heavy (non-hydrogen) atoms. The number of hydrogen-bond donors (Lipinski definition) is 1. The summed E-state index contributed by atoms with van der Waals surface area (Å²) in [7, 11) is 0. The molecule has 0 radical (unpaired) electrons. The Kier molecular flexibility index (Phi) is 6.73. The average Bonchev–Trinajstić information content (AvgIpc) is 2.27. The number of hydrogen-bond acceptors (Lipinski definition) is 2. The van der Waals surface area contributed by atoms with E-state index in [-0.39, 0.29) is 11.9 Å². The summed E-state index contributed by atoms with van der Waals surface area (Å²) in [4.78, 5) is 0. The van der Waals surface area contributed by atoms with Crippen LogP contribution >= 0.6 is 0 Å². The highest BCUT2D eigenvalue weighted by atomic mass is 19.1. The van der Waals surface area contributed by atoms with Gasteiger partial charge in [-0.25, -0.2) is 4.39 Å². The monoisotopic (exact) mass is 253 g/mol. The first kappa shape index (κ1) is 15.0. The normalized spacial score (nSPS) is 12.4. The van der Waals surface area contributed by atoms with Gasteiger partial charge in [-0.1, -0.05) is 26.2 Å². The molecular formula is C15H24FNO. The van der Waals surface area contributed by atoms with Crippen LogP contribution in [0.1, 0.15) is 45.1 Å². The van der Waals surface area contributed by atoms with Gasteiger partial charge in [0.2, 0.25) is 0 Å². The molecule has 2 nitrogen and oxygen atoms in total. The lowest BCUT2D eigenvalue weighted by Crippen LogP contribution is -2.17. The first-order chi connectivity index (χ1) is 8.61. The predicted molar refractivity (Wildman–Crippen MR) is 73.4 cm³/mol. The van der Waals surface area contributed by atoms with Gasteiger partial charge in [0.05, 0.1) is 6.61 Å². The van der Waals surface area contributed by atoms with Gasteiger partial charge in [0, 0.05) is 12.1 Å². The van der Waals surface area contributed by atoms with Gasteiger partial charge >= 0.3 is 0 Å². The second kappa shape index (κ2) is 8.09. The Morgan fingerprint density at radius 3 is 2.67 bits per heavy atom. The van der Waals surface area contributed by atoms with Crippen LogP contribution in [-0.2, 0) is 6.42 Å². The largest absolute Gasteiger partial charge is 0.493 e. The fraction of sp³-hybridized carbons (Fsp3) is 0.600. The van der Waals surface area contributed by atoms with E-state index < -0.39 is 0 Å². The van der Waals surface area contributed by atoms with Crippen molar-refractivity contribution in [1.29, 1.82) is 0 Å². The summed E-state index contributed by atoms with van der Waals surface area (Å²) < 4.78 is 19.0. The van der Waals surface area contributed by atoms with Crippen LogP contribution in [0.2, 0.25) is 0 Å². The number of ether oxygens (including phenoxy) is 1. The van der Waals surface area contributed by atoms with E-state index in [2.05, 4.69) is 6.92 Å². The molecule has 1 aromatic rings. The molecule has 0 aromatic heterocycles. The van der Waals surface area contributed by atoms with E-state index in [1.807, 2.05) is 13.0 Å². The zero-order valence-corrected chi connectivity index (χ0v) is 11.4. The fourth-order valence-corrected chi connectivity index (χ4v) is 1.91. The van der Waals surface area contributed by atoms with Crippen molar-refractivity contribution < 1.29 is 9.13 Å². The number of unbranched alkanes of at least 4 members (excludes halogenated alkanes) is 3. The minimum atomic E-state index is -0.253. The SMILES string of the molecule is CCCCCCOc1cc(F)cc(CC(C)N)c1. The molecule has 0 aliphatic carbocycles. The zero-order valence-electron chi connectivity index (χ0n) is 11.4. The predicted octanol–water partition coefficient (Wildman–Crippen LogP) is 3.67. The molecule has 0 fully saturated rings. The fourth-order valence-electron chi connectivity index (χ4n) is 1.91. The molecule has 0 aliphatic heterocycles. The molecule has 0 saturated carbocycles. The molecule has 1 atom stereocenters. The van der Waals surface area contributed by atoms with Crippen molar-refractivity contribution in [3.05, 3.63) is 29.6 Å². The summed E-state index contributed by atoms with van der Waals surface area (Å²) in [6, 6.07) is 4.87. The van der Waals surface area contributed by atoms with E-state index in [0.29, 0.717) is 18.8 Å². The topological polar surface area (TPSA) is 35.2 Å². The number of halogens is 1. The smallest absolute Gasteiger partial charge is 0.127 e. The standard InChI is InChI=1S/C15H24FNO/c1-3-4-5-6-7-18-15-10-13(8-12(2)17)9-14(16)11-15/h9-12H,3-8,17H2,1-2H3.